The van der Waals surface area contributed by atoms with Gasteiger partial charge in [-0.3, -0.25) is 19.2 Å². The number of carboxylic acids is 2. The average molecular weight is 406 g/mol. The van der Waals surface area contributed by atoms with Crippen LogP contribution in [-0.2, 0) is 24.0 Å². The quantitative estimate of drug-likeness (QED) is 0.180. The molecule has 3 amide bonds. The first-order valence-electron chi connectivity index (χ1n) is 8.17. The van der Waals surface area contributed by atoms with E-state index in [2.05, 4.69) is 28.6 Å². The normalized spacial score (nSPS) is 14.0. The van der Waals surface area contributed by atoms with Gasteiger partial charge >= 0.3 is 11.9 Å². The lowest BCUT2D eigenvalue weighted by Gasteiger charge is -2.24. The smallest absolute Gasteiger partial charge is 0.326 e. The molecule has 0 aliphatic heterocycles. The van der Waals surface area contributed by atoms with Crippen molar-refractivity contribution >= 4 is 42.3 Å². The van der Waals surface area contributed by atoms with E-state index in [-0.39, 0.29) is 24.6 Å². The van der Waals surface area contributed by atoms with Crippen LogP contribution in [0.15, 0.2) is 0 Å². The maximum absolute atomic E-state index is 12.4. The highest BCUT2D eigenvalue weighted by Gasteiger charge is 2.30. The van der Waals surface area contributed by atoms with E-state index >= 15 is 0 Å². The molecule has 0 fully saturated rings. The molecule has 0 rings (SSSR count). The third kappa shape index (κ3) is 9.80. The molecule has 0 aliphatic carbocycles. The molecule has 0 saturated carbocycles. The Bertz CT molecular complexity index is 570. The molecule has 0 bridgehead atoms. The zero-order chi connectivity index (χ0) is 21.1. The second kappa shape index (κ2) is 12.1. The summed E-state index contributed by atoms with van der Waals surface area (Å²) in [6.07, 6.45) is -0.643. The molecule has 3 unspecified atom stereocenters. The first-order chi connectivity index (χ1) is 12.5. The fourth-order valence-electron chi connectivity index (χ4n) is 2.07. The standard InChI is InChI=1S/C15H26N4O7S/c1-7(2)3-8(13(23)19-9(15(25)26)4-12(21)22)18-14(24)10(6-27)17-11(20)5-16/h7-10,27H,3-6,16H2,1-2H3,(H,17,20)(H,18,24)(H,19,23)(H,21,22)(H,25,26). The van der Waals surface area contributed by atoms with E-state index in [0.717, 1.165) is 0 Å². The molecule has 12 heteroatoms. The molecule has 27 heavy (non-hydrogen) atoms. The fraction of sp³-hybridized carbons (Fsp3) is 0.667. The van der Waals surface area contributed by atoms with E-state index in [1.807, 2.05) is 0 Å². The van der Waals surface area contributed by atoms with Gasteiger partial charge in [-0.2, -0.15) is 12.6 Å². The number of amides is 3. The summed E-state index contributed by atoms with van der Waals surface area (Å²) in [4.78, 5) is 57.9. The van der Waals surface area contributed by atoms with E-state index < -0.39 is 54.2 Å². The molecule has 0 radical (unpaired) electrons. The maximum atomic E-state index is 12.4. The molecule has 0 aromatic carbocycles. The minimum Gasteiger partial charge on any atom is -0.481 e. The molecule has 7 N–H and O–H groups in total. The predicted octanol–water partition coefficient (Wildman–Crippen LogP) is -2.07. The van der Waals surface area contributed by atoms with Crippen LogP contribution >= 0.6 is 12.6 Å². The third-order valence-corrected chi connectivity index (χ3v) is 3.72. The summed E-state index contributed by atoms with van der Waals surface area (Å²) in [6, 6.07) is -3.80. The Hall–Kier alpha value is -2.34. The summed E-state index contributed by atoms with van der Waals surface area (Å²) in [5.74, 6) is -5.12. The second-order valence-corrected chi connectivity index (χ2v) is 6.56. The van der Waals surface area contributed by atoms with Crippen molar-refractivity contribution in [3.8, 4) is 0 Å². The van der Waals surface area contributed by atoms with Crippen molar-refractivity contribution in [2.75, 3.05) is 12.3 Å². The number of nitrogens with one attached hydrogen (secondary N) is 3. The summed E-state index contributed by atoms with van der Waals surface area (Å²) in [6.45, 7) is 3.23. The van der Waals surface area contributed by atoms with Crippen LogP contribution in [0.2, 0.25) is 0 Å². The van der Waals surface area contributed by atoms with Crippen LogP contribution in [-0.4, -0.2) is 70.3 Å². The Morgan fingerprint density at radius 2 is 1.44 bits per heavy atom. The molecule has 0 spiro atoms. The van der Waals surface area contributed by atoms with Crippen LogP contribution < -0.4 is 21.7 Å². The van der Waals surface area contributed by atoms with E-state index in [4.69, 9.17) is 15.9 Å². The number of aliphatic carboxylic acids is 2. The van der Waals surface area contributed by atoms with Crippen LogP contribution in [0.5, 0.6) is 0 Å². The average Bonchev–Trinajstić information content (AvgIpc) is 2.56. The highest BCUT2D eigenvalue weighted by atomic mass is 32.1. The minimum atomic E-state index is -1.64. The van der Waals surface area contributed by atoms with Gasteiger partial charge in [0.15, 0.2) is 0 Å². The zero-order valence-electron chi connectivity index (χ0n) is 15.1. The fourth-order valence-corrected chi connectivity index (χ4v) is 2.33. The lowest BCUT2D eigenvalue weighted by atomic mass is 10.0. The molecule has 154 valence electrons. The number of thiol groups is 1. The number of hydrogen-bond acceptors (Lipinski definition) is 7. The molecule has 0 aliphatic rings. The van der Waals surface area contributed by atoms with E-state index in [9.17, 15) is 24.0 Å². The molecule has 0 saturated heterocycles. The lowest BCUT2D eigenvalue weighted by molar-refractivity contribution is -0.147. The number of carboxylic acid groups (broad SMARTS) is 2. The van der Waals surface area contributed by atoms with Gasteiger partial charge in [-0.15, -0.1) is 0 Å². The summed E-state index contributed by atoms with van der Waals surface area (Å²) in [5.41, 5.74) is 5.18. The summed E-state index contributed by atoms with van der Waals surface area (Å²) >= 11 is 3.97. The van der Waals surface area contributed by atoms with Crippen LogP contribution in [0.4, 0.5) is 0 Å². The maximum Gasteiger partial charge on any atom is 0.326 e. The number of nitrogens with two attached hydrogens (primary N) is 1. The van der Waals surface area contributed by atoms with Gasteiger partial charge in [-0.25, -0.2) is 4.79 Å². The number of carbonyl (C=O) groups is 5. The Balaban J connectivity index is 5.21. The largest absolute Gasteiger partial charge is 0.481 e. The van der Waals surface area contributed by atoms with Gasteiger partial charge in [-0.05, 0) is 12.3 Å². The number of rotatable bonds is 12. The summed E-state index contributed by atoms with van der Waals surface area (Å²) in [5, 5.41) is 24.7. The Morgan fingerprint density at radius 3 is 1.85 bits per heavy atom. The first-order valence-corrected chi connectivity index (χ1v) is 8.80. The van der Waals surface area contributed by atoms with E-state index in [0.29, 0.717) is 0 Å². The van der Waals surface area contributed by atoms with E-state index in [1.165, 1.54) is 0 Å². The van der Waals surface area contributed by atoms with Gasteiger partial charge in [0.05, 0.1) is 13.0 Å². The van der Waals surface area contributed by atoms with Crippen molar-refractivity contribution in [3.05, 3.63) is 0 Å². The molecule has 3 atom stereocenters. The van der Waals surface area contributed by atoms with Crippen molar-refractivity contribution in [3.63, 3.8) is 0 Å². The first kappa shape index (κ1) is 24.7. The number of hydrogen-bond donors (Lipinski definition) is 7. The molecule has 0 heterocycles. The highest BCUT2D eigenvalue weighted by molar-refractivity contribution is 7.80. The van der Waals surface area contributed by atoms with Gasteiger partial charge < -0.3 is 31.9 Å². The molecular formula is C15H26N4O7S. The van der Waals surface area contributed by atoms with Gasteiger partial charge in [-0.1, -0.05) is 13.8 Å². The Morgan fingerprint density at radius 1 is 0.926 bits per heavy atom. The topological polar surface area (TPSA) is 188 Å². The van der Waals surface area contributed by atoms with Crippen LogP contribution in [0.25, 0.3) is 0 Å². The van der Waals surface area contributed by atoms with Gasteiger partial charge in [0, 0.05) is 5.75 Å². The van der Waals surface area contributed by atoms with Crippen molar-refractivity contribution in [1.82, 2.24) is 16.0 Å². The second-order valence-electron chi connectivity index (χ2n) is 6.19. The van der Waals surface area contributed by atoms with Crippen molar-refractivity contribution < 1.29 is 34.2 Å². The number of carbonyl (C=O) groups excluding carboxylic acids is 3. The molecule has 0 aromatic rings. The third-order valence-electron chi connectivity index (χ3n) is 3.35. The Kier molecular flexibility index (Phi) is 11.1. The summed E-state index contributed by atoms with van der Waals surface area (Å²) in [7, 11) is 0. The highest BCUT2D eigenvalue weighted by Crippen LogP contribution is 2.07. The molecular weight excluding hydrogens is 380 g/mol. The van der Waals surface area contributed by atoms with Crippen LogP contribution in [0, 0.1) is 5.92 Å². The van der Waals surface area contributed by atoms with Gasteiger partial charge in [0.25, 0.3) is 0 Å². The van der Waals surface area contributed by atoms with Crippen molar-refractivity contribution in [2.45, 2.75) is 44.8 Å². The van der Waals surface area contributed by atoms with Crippen LogP contribution in [0.3, 0.4) is 0 Å². The lowest BCUT2D eigenvalue weighted by Crippen LogP contribution is -2.57. The summed E-state index contributed by atoms with van der Waals surface area (Å²) < 4.78 is 0. The predicted molar refractivity (Wildman–Crippen MR) is 98.0 cm³/mol. The van der Waals surface area contributed by atoms with Gasteiger partial charge in [0.2, 0.25) is 17.7 Å². The zero-order valence-corrected chi connectivity index (χ0v) is 16.0. The van der Waals surface area contributed by atoms with Crippen LogP contribution in [0.1, 0.15) is 26.7 Å². The van der Waals surface area contributed by atoms with Crippen molar-refractivity contribution in [2.24, 2.45) is 11.7 Å². The van der Waals surface area contributed by atoms with Gasteiger partial charge in [0.1, 0.15) is 18.1 Å². The van der Waals surface area contributed by atoms with E-state index in [1.54, 1.807) is 13.8 Å². The van der Waals surface area contributed by atoms with Crippen molar-refractivity contribution in [1.29, 1.82) is 0 Å². The minimum absolute atomic E-state index is 0.0445. The monoisotopic (exact) mass is 406 g/mol. The Labute approximate surface area is 161 Å². The molecule has 0 aromatic heterocycles. The molecule has 11 nitrogen and oxygen atoms in total. The SMILES string of the molecule is CC(C)CC(NC(=O)C(CS)NC(=O)CN)C(=O)NC(CC(=O)O)C(=O)O.